The third kappa shape index (κ3) is 3.65. The normalized spacial score (nSPS) is 14.9. The minimum atomic E-state index is -3.23. The van der Waals surface area contributed by atoms with Crippen LogP contribution in [0.15, 0.2) is 34.1 Å². The molecule has 6 heteroatoms. The molecule has 0 radical (unpaired) electrons. The minimum Gasteiger partial charge on any atom is -0.254 e. The summed E-state index contributed by atoms with van der Waals surface area (Å²) in [6.45, 7) is 1.73. The van der Waals surface area contributed by atoms with Gasteiger partial charge in [-0.1, -0.05) is 0 Å². The number of benzene rings is 1. The first-order valence-corrected chi connectivity index (χ1v) is 8.04. The van der Waals surface area contributed by atoms with Crippen LogP contribution >= 0.6 is 0 Å². The van der Waals surface area contributed by atoms with Crippen molar-refractivity contribution in [3.05, 3.63) is 24.3 Å². The maximum absolute atomic E-state index is 11.9. The number of hydrogen-bond acceptors (Lipinski definition) is 4. The summed E-state index contributed by atoms with van der Waals surface area (Å²) in [6.07, 6.45) is 1.33. The lowest BCUT2D eigenvalue weighted by molar-refractivity contribution is 0.601. The van der Waals surface area contributed by atoms with E-state index < -0.39 is 20.6 Å². The number of hydrogen-bond donors (Lipinski definition) is 0. The Kier molecular flexibility index (Phi) is 4.43. The Morgan fingerprint density at radius 2 is 1.88 bits per heavy atom. The van der Waals surface area contributed by atoms with Gasteiger partial charge in [0, 0.05) is 22.8 Å². The molecular formula is C11H13NO3S2. The van der Waals surface area contributed by atoms with Crippen molar-refractivity contribution in [1.29, 1.82) is 5.26 Å². The highest BCUT2D eigenvalue weighted by Gasteiger charge is 2.14. The van der Waals surface area contributed by atoms with Gasteiger partial charge < -0.3 is 0 Å². The van der Waals surface area contributed by atoms with Crippen LogP contribution in [-0.4, -0.2) is 24.1 Å². The van der Waals surface area contributed by atoms with Crippen molar-refractivity contribution in [1.82, 2.24) is 0 Å². The first-order chi connectivity index (χ1) is 7.86. The zero-order valence-corrected chi connectivity index (χ0v) is 11.2. The van der Waals surface area contributed by atoms with Gasteiger partial charge in [-0.2, -0.15) is 5.26 Å². The van der Waals surface area contributed by atoms with Gasteiger partial charge in [0.25, 0.3) is 0 Å². The lowest BCUT2D eigenvalue weighted by atomic mass is 10.4. The minimum absolute atomic E-state index is 0.200. The summed E-state index contributed by atoms with van der Waals surface area (Å²) >= 11 is 0. The first-order valence-electron chi connectivity index (χ1n) is 4.94. The van der Waals surface area contributed by atoms with E-state index >= 15 is 0 Å². The first kappa shape index (κ1) is 13.9. The molecule has 0 aromatic heterocycles. The highest BCUT2D eigenvalue weighted by molar-refractivity contribution is 7.90. The number of sulfone groups is 1. The van der Waals surface area contributed by atoms with Crippen molar-refractivity contribution in [2.45, 2.75) is 28.4 Å². The van der Waals surface area contributed by atoms with Gasteiger partial charge in [0.1, 0.15) is 0 Å². The Morgan fingerprint density at radius 1 is 1.35 bits per heavy atom. The van der Waals surface area contributed by atoms with E-state index in [1.807, 2.05) is 6.07 Å². The summed E-state index contributed by atoms with van der Waals surface area (Å²) in [5.74, 6) is 0. The molecule has 0 aliphatic heterocycles. The number of nitrogens with zero attached hydrogens (tertiary/aromatic N) is 1. The third-order valence-electron chi connectivity index (χ3n) is 2.23. The topological polar surface area (TPSA) is 75.0 Å². The van der Waals surface area contributed by atoms with E-state index in [2.05, 4.69) is 0 Å². The summed E-state index contributed by atoms with van der Waals surface area (Å²) in [7, 11) is -4.51. The highest BCUT2D eigenvalue weighted by Crippen LogP contribution is 2.16. The van der Waals surface area contributed by atoms with E-state index in [9.17, 15) is 12.6 Å². The Labute approximate surface area is 104 Å². The molecular weight excluding hydrogens is 258 g/mol. The molecule has 1 aromatic rings. The molecule has 0 aliphatic rings. The molecule has 1 rings (SSSR count). The Morgan fingerprint density at radius 3 is 2.29 bits per heavy atom. The maximum atomic E-state index is 11.9. The second kappa shape index (κ2) is 5.43. The van der Waals surface area contributed by atoms with E-state index in [0.717, 1.165) is 6.26 Å². The van der Waals surface area contributed by atoms with Crippen molar-refractivity contribution >= 4 is 20.6 Å². The fourth-order valence-electron chi connectivity index (χ4n) is 1.26. The predicted molar refractivity (Wildman–Crippen MR) is 65.7 cm³/mol. The molecule has 92 valence electrons. The third-order valence-corrected chi connectivity index (χ3v) is 4.99. The van der Waals surface area contributed by atoms with E-state index in [0.29, 0.717) is 4.90 Å². The van der Waals surface area contributed by atoms with E-state index in [1.54, 1.807) is 6.92 Å². The highest BCUT2D eigenvalue weighted by atomic mass is 32.2. The van der Waals surface area contributed by atoms with Crippen LogP contribution in [0.5, 0.6) is 0 Å². The molecule has 0 amide bonds. The molecule has 0 bridgehead atoms. The van der Waals surface area contributed by atoms with Crippen molar-refractivity contribution in [3.8, 4) is 6.07 Å². The average molecular weight is 271 g/mol. The molecule has 0 spiro atoms. The van der Waals surface area contributed by atoms with Crippen LogP contribution in [0.3, 0.4) is 0 Å². The van der Waals surface area contributed by atoms with Crippen LogP contribution < -0.4 is 0 Å². The van der Waals surface area contributed by atoms with Crippen LogP contribution in [0.2, 0.25) is 0 Å². The fraction of sp³-hybridized carbons (Fsp3) is 0.364. The summed E-state index contributed by atoms with van der Waals surface area (Å²) in [4.78, 5) is 0.742. The monoisotopic (exact) mass is 271 g/mol. The average Bonchev–Trinajstić information content (AvgIpc) is 2.27. The van der Waals surface area contributed by atoms with Crippen LogP contribution in [0.25, 0.3) is 0 Å². The molecule has 4 nitrogen and oxygen atoms in total. The lowest BCUT2D eigenvalue weighted by Gasteiger charge is -2.07. The molecule has 1 aromatic carbocycles. The van der Waals surface area contributed by atoms with Crippen LogP contribution in [0, 0.1) is 11.3 Å². The van der Waals surface area contributed by atoms with Crippen molar-refractivity contribution < 1.29 is 12.6 Å². The van der Waals surface area contributed by atoms with Gasteiger partial charge in [0.15, 0.2) is 9.84 Å². The smallest absolute Gasteiger partial charge is 0.175 e. The van der Waals surface area contributed by atoms with Gasteiger partial charge in [0.05, 0.1) is 21.8 Å². The van der Waals surface area contributed by atoms with Gasteiger partial charge in [-0.3, -0.25) is 4.21 Å². The Bertz CT molecular complexity index is 555. The van der Waals surface area contributed by atoms with Crippen molar-refractivity contribution in [2.24, 2.45) is 0 Å². The number of nitriles is 1. The molecule has 0 fully saturated rings. The van der Waals surface area contributed by atoms with Crippen LogP contribution in [0.1, 0.15) is 13.3 Å². The van der Waals surface area contributed by atoms with Crippen molar-refractivity contribution in [2.75, 3.05) is 6.26 Å². The van der Waals surface area contributed by atoms with Crippen LogP contribution in [0.4, 0.5) is 0 Å². The molecule has 0 heterocycles. The molecule has 0 saturated carbocycles. The van der Waals surface area contributed by atoms with E-state index in [-0.39, 0.29) is 16.6 Å². The van der Waals surface area contributed by atoms with Gasteiger partial charge in [-0.25, -0.2) is 8.42 Å². The summed E-state index contributed by atoms with van der Waals surface area (Å²) in [5, 5.41) is 8.26. The van der Waals surface area contributed by atoms with Crippen LogP contribution in [-0.2, 0) is 20.6 Å². The van der Waals surface area contributed by atoms with Gasteiger partial charge in [-0.15, -0.1) is 0 Å². The zero-order chi connectivity index (χ0) is 13.1. The molecule has 17 heavy (non-hydrogen) atoms. The quantitative estimate of drug-likeness (QED) is 0.831. The predicted octanol–water partition coefficient (Wildman–Crippen LogP) is 1.50. The summed E-state index contributed by atoms with van der Waals surface area (Å²) in [5.41, 5.74) is 0. The van der Waals surface area contributed by atoms with E-state index in [1.165, 1.54) is 24.3 Å². The summed E-state index contributed by atoms with van der Waals surface area (Å²) in [6, 6.07) is 7.89. The number of rotatable bonds is 4. The molecule has 0 N–H and O–H groups in total. The van der Waals surface area contributed by atoms with Gasteiger partial charge in [0.2, 0.25) is 0 Å². The van der Waals surface area contributed by atoms with Gasteiger partial charge >= 0.3 is 0 Å². The second-order valence-electron chi connectivity index (χ2n) is 3.71. The standard InChI is InChI=1S/C11H13NO3S2/c1-9(7-8-12)16(13)10-3-5-11(6-4-10)17(2,14)15/h3-6,9H,7H2,1-2H3. The molecule has 0 saturated heterocycles. The van der Waals surface area contributed by atoms with Gasteiger partial charge in [-0.05, 0) is 31.2 Å². The lowest BCUT2D eigenvalue weighted by Crippen LogP contribution is -2.10. The fourth-order valence-corrected chi connectivity index (χ4v) is 2.98. The maximum Gasteiger partial charge on any atom is 0.175 e. The largest absolute Gasteiger partial charge is 0.254 e. The SMILES string of the molecule is CC(CC#N)S(=O)c1ccc(S(C)(=O)=O)cc1. The van der Waals surface area contributed by atoms with E-state index in [4.69, 9.17) is 5.26 Å². The summed E-state index contributed by atoms with van der Waals surface area (Å²) < 4.78 is 34.4. The molecule has 2 atom stereocenters. The molecule has 0 aliphatic carbocycles. The Hall–Kier alpha value is -1.19. The second-order valence-corrected chi connectivity index (χ2v) is 7.60. The molecule has 2 unspecified atom stereocenters. The Balaban J connectivity index is 2.97. The zero-order valence-electron chi connectivity index (χ0n) is 9.58. The van der Waals surface area contributed by atoms with Crippen molar-refractivity contribution in [3.63, 3.8) is 0 Å².